The summed E-state index contributed by atoms with van der Waals surface area (Å²) in [6.07, 6.45) is 3.20. The van der Waals surface area contributed by atoms with Crippen molar-refractivity contribution in [1.82, 2.24) is 4.98 Å². The topological polar surface area (TPSA) is 65.8 Å². The van der Waals surface area contributed by atoms with Gasteiger partial charge in [-0.1, -0.05) is 0 Å². The first-order chi connectivity index (χ1) is 7.59. The molecule has 0 atom stereocenters. The average Bonchev–Trinajstić information content (AvgIpc) is 2.27. The highest BCUT2D eigenvalue weighted by Gasteiger charge is 2.12. The van der Waals surface area contributed by atoms with Crippen molar-refractivity contribution in [2.24, 2.45) is 0 Å². The zero-order valence-electron chi connectivity index (χ0n) is 9.27. The molecule has 0 fully saturated rings. The van der Waals surface area contributed by atoms with Crippen LogP contribution in [0.25, 0.3) is 11.1 Å². The number of nitrogens with two attached hydrogens (primary N) is 1. The molecule has 2 aromatic heterocycles. The minimum absolute atomic E-state index is 0.477. The van der Waals surface area contributed by atoms with Crippen molar-refractivity contribution in [1.29, 1.82) is 0 Å². The van der Waals surface area contributed by atoms with Crippen molar-refractivity contribution in [2.45, 2.75) is 13.8 Å². The van der Waals surface area contributed by atoms with Crippen LogP contribution in [0.2, 0.25) is 0 Å². The van der Waals surface area contributed by atoms with Crippen LogP contribution in [0.15, 0.2) is 30.6 Å². The summed E-state index contributed by atoms with van der Waals surface area (Å²) in [7, 11) is 0. The molecule has 2 rings (SSSR count). The van der Waals surface area contributed by atoms with Gasteiger partial charge in [-0.05, 0) is 24.6 Å². The Kier molecular flexibility index (Phi) is 2.48. The smallest absolute Gasteiger partial charge is 0.197 e. The number of nitrogen functional groups attached to an aromatic ring is 1. The largest absolute Gasteiger partial charge is 0.618 e. The molecular weight excluding hydrogens is 202 g/mol. The van der Waals surface area contributed by atoms with Crippen LogP contribution in [-0.4, -0.2) is 4.98 Å². The van der Waals surface area contributed by atoms with Crippen LogP contribution < -0.4 is 10.5 Å². The van der Waals surface area contributed by atoms with Gasteiger partial charge in [0.25, 0.3) is 0 Å². The van der Waals surface area contributed by atoms with Crippen molar-refractivity contribution in [3.63, 3.8) is 0 Å². The Labute approximate surface area is 94.0 Å². The van der Waals surface area contributed by atoms with Crippen LogP contribution in [0.4, 0.5) is 5.82 Å². The summed E-state index contributed by atoms with van der Waals surface area (Å²) in [4.78, 5) is 4.03. The lowest BCUT2D eigenvalue weighted by Crippen LogP contribution is -2.30. The van der Waals surface area contributed by atoms with E-state index in [0.717, 1.165) is 21.4 Å². The summed E-state index contributed by atoms with van der Waals surface area (Å²) >= 11 is 0. The average molecular weight is 215 g/mol. The molecule has 0 amide bonds. The number of anilines is 1. The van der Waals surface area contributed by atoms with Gasteiger partial charge >= 0.3 is 0 Å². The van der Waals surface area contributed by atoms with Gasteiger partial charge < -0.3 is 10.9 Å². The minimum Gasteiger partial charge on any atom is -0.618 e. The second-order valence-electron chi connectivity index (χ2n) is 3.76. The maximum atomic E-state index is 11.5. The first-order valence-corrected chi connectivity index (χ1v) is 5.01. The van der Waals surface area contributed by atoms with Crippen LogP contribution in [0.1, 0.15) is 11.3 Å². The first kappa shape index (κ1) is 10.4. The second-order valence-corrected chi connectivity index (χ2v) is 3.76. The van der Waals surface area contributed by atoms with Crippen LogP contribution >= 0.6 is 0 Å². The van der Waals surface area contributed by atoms with Gasteiger partial charge in [0.15, 0.2) is 11.9 Å². The summed E-state index contributed by atoms with van der Waals surface area (Å²) in [6, 6.07) is 5.40. The maximum Gasteiger partial charge on any atom is 0.197 e. The van der Waals surface area contributed by atoms with Gasteiger partial charge in [0.1, 0.15) is 5.82 Å². The molecule has 4 heteroatoms. The van der Waals surface area contributed by atoms with Crippen molar-refractivity contribution in [3.8, 4) is 11.1 Å². The summed E-state index contributed by atoms with van der Waals surface area (Å²) < 4.78 is 0.860. The minimum atomic E-state index is 0.477. The van der Waals surface area contributed by atoms with E-state index in [0.29, 0.717) is 11.5 Å². The SMILES string of the molecule is Cc1cc[n+]([O-])c(C)c1-c1ccc(N)nc1. The Morgan fingerprint density at radius 1 is 1.25 bits per heavy atom. The molecule has 0 aliphatic heterocycles. The Morgan fingerprint density at radius 3 is 2.62 bits per heavy atom. The highest BCUT2D eigenvalue weighted by molar-refractivity contribution is 5.68. The van der Waals surface area contributed by atoms with E-state index < -0.39 is 0 Å². The number of aryl methyl sites for hydroxylation is 1. The predicted octanol–water partition coefficient (Wildman–Crippen LogP) is 1.58. The summed E-state index contributed by atoms with van der Waals surface area (Å²) in [6.45, 7) is 3.77. The molecule has 0 saturated heterocycles. The van der Waals surface area contributed by atoms with Crippen molar-refractivity contribution >= 4 is 5.82 Å². The molecule has 0 aromatic carbocycles. The second kappa shape index (κ2) is 3.81. The standard InChI is InChI=1S/C12H13N3O/c1-8-5-6-15(16)9(2)12(8)10-3-4-11(13)14-7-10/h3-7H,1-2H3,(H2,13,14). The van der Waals surface area contributed by atoms with Gasteiger partial charge in [-0.2, -0.15) is 4.73 Å². The fourth-order valence-corrected chi connectivity index (χ4v) is 1.76. The molecule has 16 heavy (non-hydrogen) atoms. The molecule has 0 radical (unpaired) electrons. The van der Waals surface area contributed by atoms with Gasteiger partial charge in [-0.15, -0.1) is 0 Å². The van der Waals surface area contributed by atoms with E-state index in [4.69, 9.17) is 5.73 Å². The Hall–Kier alpha value is -2.10. The molecule has 0 spiro atoms. The number of pyridine rings is 2. The first-order valence-electron chi connectivity index (χ1n) is 5.01. The lowest BCUT2D eigenvalue weighted by molar-refractivity contribution is -0.611. The number of aromatic nitrogens is 2. The number of hydrogen-bond acceptors (Lipinski definition) is 3. The fraction of sp³-hybridized carbons (Fsp3) is 0.167. The van der Waals surface area contributed by atoms with Crippen LogP contribution in [-0.2, 0) is 0 Å². The lowest BCUT2D eigenvalue weighted by atomic mass is 10.0. The molecule has 0 aliphatic rings. The van der Waals surface area contributed by atoms with E-state index in [1.807, 2.05) is 13.0 Å². The van der Waals surface area contributed by atoms with E-state index in [1.165, 1.54) is 6.20 Å². The summed E-state index contributed by atoms with van der Waals surface area (Å²) in [5.74, 6) is 0.477. The van der Waals surface area contributed by atoms with Crippen LogP contribution in [0.5, 0.6) is 0 Å². The van der Waals surface area contributed by atoms with E-state index in [9.17, 15) is 5.21 Å². The van der Waals surface area contributed by atoms with Crippen molar-refractivity contribution < 1.29 is 4.73 Å². The maximum absolute atomic E-state index is 11.5. The van der Waals surface area contributed by atoms with E-state index >= 15 is 0 Å². The molecule has 0 saturated carbocycles. The van der Waals surface area contributed by atoms with Crippen molar-refractivity contribution in [2.75, 3.05) is 5.73 Å². The molecule has 2 aromatic rings. The Bertz CT molecular complexity index is 521. The predicted molar refractivity (Wildman–Crippen MR) is 62.5 cm³/mol. The molecule has 4 nitrogen and oxygen atoms in total. The summed E-state index contributed by atoms with van der Waals surface area (Å²) in [5.41, 5.74) is 9.09. The van der Waals surface area contributed by atoms with Gasteiger partial charge in [0, 0.05) is 24.8 Å². The van der Waals surface area contributed by atoms with E-state index in [2.05, 4.69) is 4.98 Å². The molecule has 82 valence electrons. The Balaban J connectivity index is 2.63. The molecule has 0 unspecified atom stereocenters. The monoisotopic (exact) mass is 215 g/mol. The molecule has 0 bridgehead atoms. The lowest BCUT2D eigenvalue weighted by Gasteiger charge is -2.09. The third kappa shape index (κ3) is 1.69. The van der Waals surface area contributed by atoms with Gasteiger partial charge in [-0.3, -0.25) is 0 Å². The fourth-order valence-electron chi connectivity index (χ4n) is 1.76. The van der Waals surface area contributed by atoms with Crippen LogP contribution in [0, 0.1) is 19.1 Å². The number of nitrogens with zero attached hydrogens (tertiary/aromatic N) is 2. The number of rotatable bonds is 1. The normalized spacial score (nSPS) is 10.4. The molecule has 2 N–H and O–H groups in total. The van der Waals surface area contributed by atoms with Gasteiger partial charge in [0.2, 0.25) is 0 Å². The molecule has 2 heterocycles. The zero-order valence-corrected chi connectivity index (χ0v) is 9.27. The third-order valence-electron chi connectivity index (χ3n) is 2.62. The van der Waals surface area contributed by atoms with Gasteiger partial charge in [-0.25, -0.2) is 4.98 Å². The molecule has 0 aliphatic carbocycles. The van der Waals surface area contributed by atoms with E-state index in [1.54, 1.807) is 25.3 Å². The number of hydrogen-bond donors (Lipinski definition) is 1. The van der Waals surface area contributed by atoms with Gasteiger partial charge in [0.05, 0.1) is 5.56 Å². The zero-order chi connectivity index (χ0) is 11.7. The van der Waals surface area contributed by atoms with Crippen LogP contribution in [0.3, 0.4) is 0 Å². The third-order valence-corrected chi connectivity index (χ3v) is 2.62. The van der Waals surface area contributed by atoms with E-state index in [-0.39, 0.29) is 0 Å². The molecular formula is C12H13N3O. The highest BCUT2D eigenvalue weighted by Crippen LogP contribution is 2.24. The van der Waals surface area contributed by atoms with Crippen molar-refractivity contribution in [3.05, 3.63) is 47.1 Å². The Morgan fingerprint density at radius 2 is 2.00 bits per heavy atom. The summed E-state index contributed by atoms with van der Waals surface area (Å²) in [5, 5.41) is 11.5. The highest BCUT2D eigenvalue weighted by atomic mass is 16.5. The quantitative estimate of drug-likeness (QED) is 0.580.